The molecule has 4 nitrogen and oxygen atoms in total. The highest BCUT2D eigenvalue weighted by Gasteiger charge is 2.29. The number of carbonyl (C=O) groups is 3. The number of hydrogen-bond acceptors (Lipinski definition) is 4. The molecule has 0 amide bonds. The predicted molar refractivity (Wildman–Crippen MR) is 119 cm³/mol. The maximum Gasteiger partial charge on any atom is 0.302 e. The van der Waals surface area contributed by atoms with Gasteiger partial charge in [0.15, 0.2) is 11.6 Å². The maximum atomic E-state index is 12.5. The van der Waals surface area contributed by atoms with E-state index >= 15 is 0 Å². The number of rotatable bonds is 11. The molecule has 0 N–H and O–H groups in total. The van der Waals surface area contributed by atoms with Crippen molar-refractivity contribution in [2.75, 3.05) is 0 Å². The van der Waals surface area contributed by atoms with Crippen LogP contribution in [-0.4, -0.2) is 31.3 Å². The standard InChI is InChI=1S/C24H34O4Si/c1-18(25)28-23(29(2,3)4)16-10-8-6-5-7-9-13-19-17-22(26)20-14-11-12-15-21(20)24(19)27/h11-12,14-15,17,23H,5-10,13,16H2,1-4H3. The minimum Gasteiger partial charge on any atom is -0.466 e. The number of benzene rings is 1. The average molecular weight is 415 g/mol. The summed E-state index contributed by atoms with van der Waals surface area (Å²) in [4.78, 5) is 36.0. The van der Waals surface area contributed by atoms with Crippen LogP contribution in [-0.2, 0) is 9.53 Å². The topological polar surface area (TPSA) is 60.4 Å². The number of carbonyl (C=O) groups excluding carboxylic acids is 3. The molecule has 0 aliphatic heterocycles. The van der Waals surface area contributed by atoms with Crippen molar-refractivity contribution in [3.8, 4) is 0 Å². The van der Waals surface area contributed by atoms with Gasteiger partial charge in [0.05, 0.1) is 13.8 Å². The molecular weight excluding hydrogens is 380 g/mol. The minimum atomic E-state index is -1.50. The second kappa shape index (κ2) is 10.7. The summed E-state index contributed by atoms with van der Waals surface area (Å²) in [7, 11) is -1.50. The van der Waals surface area contributed by atoms with Gasteiger partial charge in [-0.15, -0.1) is 0 Å². The molecule has 1 aromatic rings. The number of Topliss-reactive ketones (excluding diaryl/α,β-unsaturated/α-hetero) is 1. The van der Waals surface area contributed by atoms with Crippen LogP contribution in [0, 0.1) is 0 Å². The van der Waals surface area contributed by atoms with Gasteiger partial charge in [-0.3, -0.25) is 14.4 Å². The van der Waals surface area contributed by atoms with Crippen molar-refractivity contribution in [2.24, 2.45) is 0 Å². The highest BCUT2D eigenvalue weighted by molar-refractivity contribution is 6.77. The molecule has 0 fully saturated rings. The Kier molecular flexibility index (Phi) is 8.56. The zero-order valence-corrected chi connectivity index (χ0v) is 19.3. The summed E-state index contributed by atoms with van der Waals surface area (Å²) in [5, 5.41) is 0. The summed E-state index contributed by atoms with van der Waals surface area (Å²) < 4.78 is 5.53. The number of unbranched alkanes of at least 4 members (excludes halogenated alkanes) is 5. The molecule has 1 aromatic carbocycles. The van der Waals surface area contributed by atoms with Gasteiger partial charge in [0, 0.05) is 23.6 Å². The highest BCUT2D eigenvalue weighted by atomic mass is 28.3. The molecule has 2 rings (SSSR count). The third kappa shape index (κ3) is 7.07. The van der Waals surface area contributed by atoms with E-state index in [1.165, 1.54) is 13.0 Å². The Morgan fingerprint density at radius 1 is 0.931 bits per heavy atom. The molecule has 0 heterocycles. The molecule has 0 bridgehead atoms. The van der Waals surface area contributed by atoms with E-state index < -0.39 is 8.07 Å². The lowest BCUT2D eigenvalue weighted by Crippen LogP contribution is -2.41. The van der Waals surface area contributed by atoms with Crippen molar-refractivity contribution >= 4 is 25.6 Å². The number of ether oxygens (including phenoxy) is 1. The lowest BCUT2D eigenvalue weighted by Gasteiger charge is -2.28. The van der Waals surface area contributed by atoms with Crippen LogP contribution >= 0.6 is 0 Å². The first-order chi connectivity index (χ1) is 13.7. The quantitative estimate of drug-likeness (QED) is 0.256. The first-order valence-corrected chi connectivity index (χ1v) is 14.3. The fourth-order valence-electron chi connectivity index (χ4n) is 3.78. The van der Waals surface area contributed by atoms with Crippen LogP contribution in [0.3, 0.4) is 0 Å². The van der Waals surface area contributed by atoms with Gasteiger partial charge < -0.3 is 4.74 Å². The number of esters is 1. The normalized spacial score (nSPS) is 15.0. The molecule has 5 heteroatoms. The van der Waals surface area contributed by atoms with Gasteiger partial charge in [0.25, 0.3) is 0 Å². The number of fused-ring (bicyclic) bond motifs is 1. The summed E-state index contributed by atoms with van der Waals surface area (Å²) in [6.45, 7) is 8.22. The zero-order chi connectivity index (χ0) is 21.4. The predicted octanol–water partition coefficient (Wildman–Crippen LogP) is 5.92. The van der Waals surface area contributed by atoms with E-state index in [9.17, 15) is 14.4 Å². The molecule has 0 aromatic heterocycles. The summed E-state index contributed by atoms with van der Waals surface area (Å²) in [6, 6.07) is 7.06. The van der Waals surface area contributed by atoms with Crippen LogP contribution in [0.15, 0.2) is 35.9 Å². The van der Waals surface area contributed by atoms with Gasteiger partial charge in [0.1, 0.15) is 0 Å². The Morgan fingerprint density at radius 2 is 1.52 bits per heavy atom. The lowest BCUT2D eigenvalue weighted by atomic mass is 9.87. The number of allylic oxidation sites excluding steroid dienone is 2. The second-order valence-electron chi connectivity index (χ2n) is 9.03. The van der Waals surface area contributed by atoms with Gasteiger partial charge >= 0.3 is 5.97 Å². The molecule has 0 radical (unpaired) electrons. The van der Waals surface area contributed by atoms with Crippen LogP contribution in [0.5, 0.6) is 0 Å². The van der Waals surface area contributed by atoms with Gasteiger partial charge in [-0.2, -0.15) is 0 Å². The van der Waals surface area contributed by atoms with E-state index in [0.29, 0.717) is 23.1 Å². The lowest BCUT2D eigenvalue weighted by molar-refractivity contribution is -0.143. The Balaban J connectivity index is 1.65. The van der Waals surface area contributed by atoms with Gasteiger partial charge in [-0.25, -0.2) is 0 Å². The molecular formula is C24H34O4Si. The van der Waals surface area contributed by atoms with Crippen LogP contribution < -0.4 is 0 Å². The van der Waals surface area contributed by atoms with E-state index in [-0.39, 0.29) is 23.3 Å². The highest BCUT2D eigenvalue weighted by Crippen LogP contribution is 2.25. The Morgan fingerprint density at radius 3 is 2.14 bits per heavy atom. The third-order valence-electron chi connectivity index (χ3n) is 5.47. The first kappa shape index (κ1) is 23.3. The van der Waals surface area contributed by atoms with E-state index in [1.54, 1.807) is 24.3 Å². The van der Waals surface area contributed by atoms with Crippen LogP contribution in [0.2, 0.25) is 19.6 Å². The smallest absolute Gasteiger partial charge is 0.302 e. The molecule has 1 atom stereocenters. The van der Waals surface area contributed by atoms with Crippen molar-refractivity contribution < 1.29 is 19.1 Å². The Hall–Kier alpha value is -2.01. The Bertz CT molecular complexity index is 773. The molecule has 1 aliphatic carbocycles. The zero-order valence-electron chi connectivity index (χ0n) is 18.3. The van der Waals surface area contributed by atoms with Gasteiger partial charge in [-0.1, -0.05) is 76.0 Å². The number of hydrogen-bond donors (Lipinski definition) is 0. The van der Waals surface area contributed by atoms with Crippen LogP contribution in [0.4, 0.5) is 0 Å². The van der Waals surface area contributed by atoms with E-state index in [2.05, 4.69) is 19.6 Å². The molecule has 0 saturated carbocycles. The second-order valence-corrected chi connectivity index (χ2v) is 14.4. The number of ketones is 2. The van der Waals surface area contributed by atoms with E-state index in [1.807, 2.05) is 0 Å². The SMILES string of the molecule is CC(=O)OC(CCCCCCCCC1=CC(=O)c2ccccc2C1=O)[Si](C)(C)C. The molecule has 1 unspecified atom stereocenters. The fraction of sp³-hybridized carbons (Fsp3) is 0.542. The van der Waals surface area contributed by atoms with Gasteiger partial charge in [0.2, 0.25) is 0 Å². The maximum absolute atomic E-state index is 12.5. The fourth-order valence-corrected chi connectivity index (χ4v) is 5.37. The van der Waals surface area contributed by atoms with Crippen LogP contribution in [0.25, 0.3) is 0 Å². The molecule has 29 heavy (non-hydrogen) atoms. The largest absolute Gasteiger partial charge is 0.466 e. The van der Waals surface area contributed by atoms with Crippen molar-refractivity contribution in [3.63, 3.8) is 0 Å². The molecule has 0 saturated heterocycles. The summed E-state index contributed by atoms with van der Waals surface area (Å²) >= 11 is 0. The van der Waals surface area contributed by atoms with E-state index in [4.69, 9.17) is 4.74 Å². The minimum absolute atomic E-state index is 0.00283. The molecule has 0 spiro atoms. The summed E-state index contributed by atoms with van der Waals surface area (Å²) in [6.07, 6.45) is 9.62. The third-order valence-corrected chi connectivity index (χ3v) is 7.81. The monoisotopic (exact) mass is 414 g/mol. The molecule has 158 valence electrons. The van der Waals surface area contributed by atoms with E-state index in [0.717, 1.165) is 44.9 Å². The summed E-state index contributed by atoms with van der Waals surface area (Å²) in [5.74, 6) is -0.229. The van der Waals surface area contributed by atoms with Crippen molar-refractivity contribution in [3.05, 3.63) is 47.0 Å². The molecule has 1 aliphatic rings. The van der Waals surface area contributed by atoms with Crippen molar-refractivity contribution in [2.45, 2.75) is 83.7 Å². The Labute approximate surface area is 175 Å². The van der Waals surface area contributed by atoms with Gasteiger partial charge in [-0.05, 0) is 25.3 Å². The van der Waals surface area contributed by atoms with Crippen molar-refractivity contribution in [1.29, 1.82) is 0 Å². The summed E-state index contributed by atoms with van der Waals surface area (Å²) in [5.41, 5.74) is 1.81. The average Bonchev–Trinajstić information content (AvgIpc) is 2.65. The van der Waals surface area contributed by atoms with Crippen LogP contribution in [0.1, 0.15) is 79.0 Å². The first-order valence-electron chi connectivity index (χ1n) is 10.8. The van der Waals surface area contributed by atoms with Crippen molar-refractivity contribution in [1.82, 2.24) is 0 Å².